The number of para-hydroxylation sites is 4. The van der Waals surface area contributed by atoms with Crippen LogP contribution in [0.4, 0.5) is 19.2 Å². The first-order valence-electron chi connectivity index (χ1n) is 30.9. The molecule has 7 aromatic carbocycles. The largest absolute Gasteiger partial charge is 0.497 e. The van der Waals surface area contributed by atoms with E-state index in [1.54, 1.807) is 74.6 Å². The highest BCUT2D eigenvalue weighted by Crippen LogP contribution is 2.30. The molecule has 0 fully saturated rings. The Balaban J connectivity index is 0.000000224. The summed E-state index contributed by atoms with van der Waals surface area (Å²) >= 11 is 1.96. The maximum atomic E-state index is 14.1. The molecule has 4 heterocycles. The molecule has 21 nitrogen and oxygen atoms in total. The van der Waals surface area contributed by atoms with Crippen LogP contribution < -0.4 is 26.0 Å². The summed E-state index contributed by atoms with van der Waals surface area (Å²) in [5, 5.41) is 14.8. The highest BCUT2D eigenvalue weighted by atomic mass is 127. The van der Waals surface area contributed by atoms with Crippen molar-refractivity contribution in [3.05, 3.63) is 246 Å². The third-order valence-electron chi connectivity index (χ3n) is 15.6. The lowest BCUT2D eigenvalue weighted by Gasteiger charge is -2.30. The van der Waals surface area contributed by atoms with Gasteiger partial charge in [0.2, 0.25) is 18.6 Å². The number of ether oxygens (including phenoxy) is 6. The zero-order valence-electron chi connectivity index (χ0n) is 53.9. The Morgan fingerprint density at radius 2 is 0.906 bits per heavy atom. The molecular weight excluding hydrogens is 1340 g/mol. The van der Waals surface area contributed by atoms with Crippen molar-refractivity contribution >= 4 is 108 Å². The fourth-order valence-electron chi connectivity index (χ4n) is 10.7. The normalized spacial score (nSPS) is 12.8. The van der Waals surface area contributed by atoms with Crippen molar-refractivity contribution in [2.45, 2.75) is 90.8 Å². The van der Waals surface area contributed by atoms with E-state index in [0.29, 0.717) is 56.0 Å². The highest BCUT2D eigenvalue weighted by Gasteiger charge is 2.40. The van der Waals surface area contributed by atoms with Crippen LogP contribution >= 0.6 is 22.6 Å². The molecule has 11 aromatic rings. The first-order valence-corrected chi connectivity index (χ1v) is 32.4. The zero-order valence-corrected chi connectivity index (χ0v) is 56.1. The van der Waals surface area contributed by atoms with Gasteiger partial charge in [-0.2, -0.15) is 0 Å². The number of rotatable bonds is 21. The molecule has 496 valence electrons. The smallest absolute Gasteiger partial charge is 0.421 e. The van der Waals surface area contributed by atoms with Crippen LogP contribution in [0.25, 0.3) is 43.7 Å². The van der Waals surface area contributed by atoms with Gasteiger partial charge in [-0.15, -0.1) is 0 Å². The second-order valence-corrected chi connectivity index (χ2v) is 23.0. The van der Waals surface area contributed by atoms with Crippen molar-refractivity contribution in [2.24, 2.45) is 0 Å². The lowest BCUT2D eigenvalue weighted by molar-refractivity contribution is -0.128. The van der Waals surface area contributed by atoms with Crippen LogP contribution in [0.1, 0.15) is 97.8 Å². The first kappa shape index (κ1) is 69.5. The van der Waals surface area contributed by atoms with Gasteiger partial charge in [-0.1, -0.05) is 147 Å². The minimum atomic E-state index is -1.55. The van der Waals surface area contributed by atoms with Gasteiger partial charge < -0.3 is 58.5 Å². The minimum Gasteiger partial charge on any atom is -0.497 e. The van der Waals surface area contributed by atoms with E-state index in [4.69, 9.17) is 37.3 Å². The average molecular weight is 1410 g/mol. The summed E-state index contributed by atoms with van der Waals surface area (Å²) in [6.07, 6.45) is 0.249. The lowest BCUT2D eigenvalue weighted by atomic mass is 9.91. The van der Waals surface area contributed by atoms with Gasteiger partial charge in [-0.3, -0.25) is 18.7 Å². The van der Waals surface area contributed by atoms with Crippen LogP contribution in [0, 0.1) is 0 Å². The van der Waals surface area contributed by atoms with Crippen LogP contribution in [-0.4, -0.2) is 80.9 Å². The zero-order chi connectivity index (χ0) is 68.4. The topological polar surface area (TPSA) is 259 Å². The molecule has 4 N–H and O–H groups in total. The molecule has 96 heavy (non-hydrogen) atoms. The number of alkyl carbamates (subject to hydrolysis) is 2. The molecule has 4 amide bonds. The van der Waals surface area contributed by atoms with Gasteiger partial charge >= 0.3 is 30.3 Å². The summed E-state index contributed by atoms with van der Waals surface area (Å²) in [7, 11) is 1.51. The Morgan fingerprint density at radius 1 is 0.500 bits per heavy atom. The van der Waals surface area contributed by atoms with Crippen LogP contribution in [0.3, 0.4) is 0 Å². The van der Waals surface area contributed by atoms with Crippen molar-refractivity contribution in [3.8, 4) is 5.75 Å². The number of amides is 4. The number of alkyl halides is 1. The Morgan fingerprint density at radius 3 is 1.33 bits per heavy atom. The number of hydrogen-bond acceptors (Lipinski definition) is 15. The molecule has 0 aliphatic rings. The van der Waals surface area contributed by atoms with Gasteiger partial charge in [0.05, 0.1) is 35.8 Å². The molecule has 0 radical (unpaired) electrons. The summed E-state index contributed by atoms with van der Waals surface area (Å²) in [5.41, 5.74) is 2.75. The van der Waals surface area contributed by atoms with Gasteiger partial charge in [0.25, 0.3) is 0 Å². The van der Waals surface area contributed by atoms with Crippen molar-refractivity contribution in [2.75, 3.05) is 18.5 Å². The van der Waals surface area contributed by atoms with E-state index in [-0.39, 0.29) is 42.3 Å². The number of fused-ring (bicyclic) bond motifs is 4. The number of hydrogen-bond donors (Lipinski definition) is 4. The van der Waals surface area contributed by atoms with Gasteiger partial charge in [-0.25, -0.2) is 24.0 Å². The highest BCUT2D eigenvalue weighted by molar-refractivity contribution is 14.1. The summed E-state index contributed by atoms with van der Waals surface area (Å²) < 4.78 is 46.2. The van der Waals surface area contributed by atoms with Gasteiger partial charge in [-0.05, 0) is 133 Å². The molecule has 11 rings (SSSR count). The standard InChI is InChI=1S/C40H37N3O9.C32H30IN3O6.C2H6/c1-26(27-11-5-4-6-12-27)41-37(45)40(2,42-38(46)49-24-32-21-29-13-7-10-16-35(29)52-32)22-30-23-43(34-15-9-8-14-33(30)34)39(47)51-25-50-36(44)28-17-19-31(48-3)20-18-28;1-21(22-10-4-3-5-11-22)34-29(37)32(2,35-30(38)40-19-25-16-23-12-6-9-15-28(23)42-25)17-24-18-36(31(39)41-20-33)27-14-8-7-13-26(24)27;1-2/h4-21,23,26H,22,24-25H2,1-3H3,(H,41,45)(H,42,46);3-16,18,21H,17,19-20H2,1-2H3,(H,34,37)(H,35,38);1-2H3/t26-,40+;21-,32+;/m00./s1. The number of carbonyl (C=O) groups excluding carboxylic acids is 7. The van der Waals surface area contributed by atoms with E-state index >= 15 is 0 Å². The summed E-state index contributed by atoms with van der Waals surface area (Å²) in [5.74, 6) is -0.0743. The number of nitrogens with one attached hydrogen (secondary N) is 4. The number of methoxy groups -OCH3 is 1. The SMILES string of the molecule is CC.COc1ccc(C(=O)OCOC(=O)n2cc(C[C@@](C)(NC(=O)OCc3cc4ccccc4o3)C(=O)N[C@@H](C)c3ccccc3)c3ccccc32)cc1.C[C@H](NC(=O)[C@@](C)(Cc1cn(C(=O)OCI)c2ccccc12)NC(=O)OCc1cc2ccccc2o1)c1ccccc1. The fourth-order valence-corrected chi connectivity index (χ4v) is 11.0. The third kappa shape index (κ3) is 17.3. The van der Waals surface area contributed by atoms with E-state index in [2.05, 4.69) is 21.3 Å². The maximum absolute atomic E-state index is 14.1. The second kappa shape index (κ2) is 32.3. The molecular formula is C74H73IN6O15. The number of halogens is 1. The number of carbonyl (C=O) groups is 7. The van der Waals surface area contributed by atoms with E-state index in [0.717, 1.165) is 27.3 Å². The van der Waals surface area contributed by atoms with E-state index in [1.807, 2.05) is 178 Å². The monoisotopic (exact) mass is 1410 g/mol. The Bertz CT molecular complexity index is 4440. The molecule has 0 aliphatic carbocycles. The Hall–Kier alpha value is -10.9. The van der Waals surface area contributed by atoms with Crippen LogP contribution in [0.5, 0.6) is 5.75 Å². The van der Waals surface area contributed by atoms with Crippen molar-refractivity contribution in [3.63, 3.8) is 0 Å². The molecule has 0 spiro atoms. The van der Waals surface area contributed by atoms with Crippen LogP contribution in [0.15, 0.2) is 215 Å². The predicted molar refractivity (Wildman–Crippen MR) is 370 cm³/mol. The maximum Gasteiger partial charge on any atom is 0.421 e. The molecule has 0 saturated heterocycles. The quantitative estimate of drug-likeness (QED) is 0.0171. The van der Waals surface area contributed by atoms with Gasteiger partial charge in [0, 0.05) is 46.8 Å². The number of aromatic nitrogens is 2. The number of benzene rings is 7. The summed E-state index contributed by atoms with van der Waals surface area (Å²) in [4.78, 5) is 92.8. The molecule has 0 bridgehead atoms. The van der Waals surface area contributed by atoms with Crippen LogP contribution in [-0.2, 0) is 59.3 Å². The minimum absolute atomic E-state index is 0.0344. The number of esters is 1. The molecule has 4 aromatic heterocycles. The first-order chi connectivity index (χ1) is 46.4. The van der Waals surface area contributed by atoms with Crippen molar-refractivity contribution in [1.82, 2.24) is 30.4 Å². The van der Waals surface area contributed by atoms with Crippen molar-refractivity contribution < 1.29 is 70.8 Å². The molecule has 0 aliphatic heterocycles. The number of nitrogens with zero attached hydrogens (tertiary/aromatic N) is 2. The number of furan rings is 2. The third-order valence-corrected chi connectivity index (χ3v) is 16.0. The van der Waals surface area contributed by atoms with E-state index < -0.39 is 66.1 Å². The molecule has 0 saturated carbocycles. The predicted octanol–water partition coefficient (Wildman–Crippen LogP) is 15.2. The summed E-state index contributed by atoms with van der Waals surface area (Å²) in [6.45, 7) is 10.0. The molecule has 22 heteroatoms. The molecule has 4 atom stereocenters. The summed E-state index contributed by atoms with van der Waals surface area (Å²) in [6, 6.07) is 57.4. The van der Waals surface area contributed by atoms with E-state index in [1.165, 1.54) is 34.6 Å². The second-order valence-electron chi connectivity index (χ2n) is 22.4. The van der Waals surface area contributed by atoms with Gasteiger partial charge in [0.1, 0.15) is 44.1 Å². The van der Waals surface area contributed by atoms with Crippen molar-refractivity contribution in [1.29, 1.82) is 0 Å². The fraction of sp³-hybridized carbons (Fsp3) is 0.230. The van der Waals surface area contributed by atoms with Crippen LogP contribution in [0.2, 0.25) is 0 Å². The lowest BCUT2D eigenvalue weighted by Crippen LogP contribution is -2.58. The average Bonchev–Trinajstić information content (AvgIpc) is 1.61. The molecule has 0 unspecified atom stereocenters. The van der Waals surface area contributed by atoms with E-state index in [9.17, 15) is 33.6 Å². The van der Waals surface area contributed by atoms with Gasteiger partial charge in [0.15, 0.2) is 13.2 Å². The Labute approximate surface area is 567 Å². The Kier molecular flexibility index (Phi) is 23.4.